The van der Waals surface area contributed by atoms with Crippen LogP contribution >= 0.6 is 0 Å². The number of amides is 1. The number of carbonyl (C=O) groups is 1. The number of alkyl halides is 2. The summed E-state index contributed by atoms with van der Waals surface area (Å²) in [6, 6.07) is 6.99. The molecule has 0 unspecified atom stereocenters. The largest absolute Gasteiger partial charge is 0.354 e. The summed E-state index contributed by atoms with van der Waals surface area (Å²) in [5, 5.41) is 10.3. The van der Waals surface area contributed by atoms with Crippen molar-refractivity contribution in [1.82, 2.24) is 25.1 Å². The van der Waals surface area contributed by atoms with Gasteiger partial charge in [-0.1, -0.05) is 6.07 Å². The lowest BCUT2D eigenvalue weighted by molar-refractivity contribution is -0.121. The molecule has 1 aromatic carbocycles. The first kappa shape index (κ1) is 20.9. The second kappa shape index (κ2) is 9.20. The molecule has 1 aliphatic carbocycles. The van der Waals surface area contributed by atoms with Crippen molar-refractivity contribution in [2.24, 2.45) is 5.92 Å². The Hall–Kier alpha value is -3.36. The minimum atomic E-state index is -2.65. The van der Waals surface area contributed by atoms with Gasteiger partial charge in [0.2, 0.25) is 11.9 Å². The van der Waals surface area contributed by atoms with Crippen LogP contribution in [0.1, 0.15) is 36.9 Å². The van der Waals surface area contributed by atoms with Crippen LogP contribution in [0.4, 0.5) is 20.4 Å². The molecule has 0 aliphatic heterocycles. The Balaban J connectivity index is 1.41. The Bertz CT molecular complexity index is 1060. The van der Waals surface area contributed by atoms with Gasteiger partial charge in [0, 0.05) is 36.6 Å². The summed E-state index contributed by atoms with van der Waals surface area (Å²) in [6.07, 6.45) is 5.27. The van der Waals surface area contributed by atoms with E-state index in [1.54, 1.807) is 10.9 Å². The molecule has 1 amide bonds. The van der Waals surface area contributed by atoms with Crippen molar-refractivity contribution in [2.45, 2.75) is 39.2 Å². The summed E-state index contributed by atoms with van der Waals surface area (Å²) >= 11 is 0. The van der Waals surface area contributed by atoms with Crippen LogP contribution in [0, 0.1) is 12.8 Å². The summed E-state index contributed by atoms with van der Waals surface area (Å²) in [7, 11) is 0. The predicted octanol–water partition coefficient (Wildman–Crippen LogP) is 4.25. The summed E-state index contributed by atoms with van der Waals surface area (Å²) < 4.78 is 27.5. The maximum absolute atomic E-state index is 12.9. The van der Waals surface area contributed by atoms with E-state index >= 15 is 0 Å². The Labute approximate surface area is 178 Å². The molecular formula is C22H24F2N6O. The highest BCUT2D eigenvalue weighted by Gasteiger charge is 2.24. The molecule has 3 aromatic rings. The molecule has 9 heteroatoms. The third-order valence-corrected chi connectivity index (χ3v) is 5.03. The molecule has 1 fully saturated rings. The van der Waals surface area contributed by atoms with Crippen LogP contribution < -0.4 is 10.6 Å². The molecule has 0 radical (unpaired) electrons. The van der Waals surface area contributed by atoms with E-state index in [-0.39, 0.29) is 17.5 Å². The molecule has 0 bridgehead atoms. The summed E-state index contributed by atoms with van der Waals surface area (Å²) in [5.41, 5.74) is 3.21. The van der Waals surface area contributed by atoms with Gasteiger partial charge in [-0.3, -0.25) is 9.48 Å². The fraction of sp³-hybridized carbons (Fsp3) is 0.364. The van der Waals surface area contributed by atoms with Crippen molar-refractivity contribution >= 4 is 17.5 Å². The Morgan fingerprint density at radius 2 is 2.10 bits per heavy atom. The van der Waals surface area contributed by atoms with Crippen molar-refractivity contribution in [2.75, 3.05) is 11.9 Å². The minimum absolute atomic E-state index is 0.0995. The van der Waals surface area contributed by atoms with Gasteiger partial charge in [-0.05, 0) is 55.0 Å². The van der Waals surface area contributed by atoms with E-state index in [0.29, 0.717) is 31.1 Å². The lowest BCUT2D eigenvalue weighted by Crippen LogP contribution is -2.27. The number of aryl methyl sites for hydroxylation is 1. The standard InChI is InChI=1S/C22H24F2N6O/c1-14-8-16(11-18(9-14)28-22-26-5-4-19(29-22)21(23)24)17-12-27-30(13-17)7-6-25-20(31)10-15-2-3-15/h4-5,8-9,11-13,15,21H,2-3,6-7,10H2,1H3,(H,25,31)(H,26,28,29). The molecule has 2 N–H and O–H groups in total. The smallest absolute Gasteiger partial charge is 0.280 e. The molecule has 2 heterocycles. The summed E-state index contributed by atoms with van der Waals surface area (Å²) in [6.45, 7) is 3.07. The highest BCUT2D eigenvalue weighted by molar-refractivity contribution is 5.76. The van der Waals surface area contributed by atoms with Crippen LogP contribution in [0.15, 0.2) is 42.9 Å². The van der Waals surface area contributed by atoms with Crippen molar-refractivity contribution < 1.29 is 13.6 Å². The van der Waals surface area contributed by atoms with Gasteiger partial charge in [0.05, 0.1) is 12.7 Å². The number of carbonyl (C=O) groups excluding carboxylic acids is 1. The monoisotopic (exact) mass is 426 g/mol. The van der Waals surface area contributed by atoms with Crippen LogP contribution in [0.25, 0.3) is 11.1 Å². The zero-order valence-corrected chi connectivity index (χ0v) is 17.2. The number of benzene rings is 1. The molecule has 2 aromatic heterocycles. The third-order valence-electron chi connectivity index (χ3n) is 5.03. The van der Waals surface area contributed by atoms with E-state index in [2.05, 4.69) is 25.7 Å². The predicted molar refractivity (Wildman–Crippen MR) is 113 cm³/mol. The Morgan fingerprint density at radius 3 is 2.87 bits per heavy atom. The van der Waals surface area contributed by atoms with Crippen LogP contribution in [0.3, 0.4) is 0 Å². The highest BCUT2D eigenvalue weighted by atomic mass is 19.3. The van der Waals surface area contributed by atoms with Crippen molar-refractivity contribution in [3.63, 3.8) is 0 Å². The fourth-order valence-electron chi connectivity index (χ4n) is 3.31. The average Bonchev–Trinajstić information content (AvgIpc) is 3.41. The Morgan fingerprint density at radius 1 is 1.26 bits per heavy atom. The molecule has 4 rings (SSSR count). The number of hydrogen-bond acceptors (Lipinski definition) is 5. The highest BCUT2D eigenvalue weighted by Crippen LogP contribution is 2.32. The quantitative estimate of drug-likeness (QED) is 0.535. The molecule has 1 saturated carbocycles. The maximum atomic E-state index is 12.9. The molecule has 31 heavy (non-hydrogen) atoms. The molecule has 162 valence electrons. The first-order valence-electron chi connectivity index (χ1n) is 10.3. The number of aromatic nitrogens is 4. The number of nitrogens with zero attached hydrogens (tertiary/aromatic N) is 4. The SMILES string of the molecule is Cc1cc(Nc2nccc(C(F)F)n2)cc(-c2cnn(CCNC(=O)CC3CC3)c2)c1. The first-order chi connectivity index (χ1) is 15.0. The molecule has 0 atom stereocenters. The van der Waals surface area contributed by atoms with Gasteiger partial charge >= 0.3 is 0 Å². The van der Waals surface area contributed by atoms with Crippen molar-refractivity contribution in [1.29, 1.82) is 0 Å². The molecule has 7 nitrogen and oxygen atoms in total. The second-order valence-electron chi connectivity index (χ2n) is 7.81. The zero-order chi connectivity index (χ0) is 21.8. The summed E-state index contributed by atoms with van der Waals surface area (Å²) in [4.78, 5) is 19.7. The summed E-state index contributed by atoms with van der Waals surface area (Å²) in [5.74, 6) is 0.790. The first-order valence-corrected chi connectivity index (χ1v) is 10.3. The van der Waals surface area contributed by atoms with Gasteiger partial charge in [0.1, 0.15) is 5.69 Å². The van der Waals surface area contributed by atoms with E-state index in [1.807, 2.05) is 31.3 Å². The lowest BCUT2D eigenvalue weighted by atomic mass is 10.1. The molecule has 0 saturated heterocycles. The maximum Gasteiger partial charge on any atom is 0.280 e. The second-order valence-corrected chi connectivity index (χ2v) is 7.81. The van der Waals surface area contributed by atoms with Crippen molar-refractivity contribution in [3.05, 3.63) is 54.1 Å². The van der Waals surface area contributed by atoms with E-state index in [9.17, 15) is 13.6 Å². The van der Waals surface area contributed by atoms with Gasteiger partial charge in [-0.15, -0.1) is 0 Å². The lowest BCUT2D eigenvalue weighted by Gasteiger charge is -2.09. The van der Waals surface area contributed by atoms with E-state index in [1.165, 1.54) is 12.3 Å². The number of halogens is 2. The zero-order valence-electron chi connectivity index (χ0n) is 17.2. The Kier molecular flexibility index (Phi) is 6.20. The minimum Gasteiger partial charge on any atom is -0.354 e. The van der Waals surface area contributed by atoms with Gasteiger partial charge in [0.15, 0.2) is 0 Å². The average molecular weight is 426 g/mol. The number of nitrogens with one attached hydrogen (secondary N) is 2. The van der Waals surface area contributed by atoms with Crippen LogP contribution in [-0.4, -0.2) is 32.2 Å². The van der Waals surface area contributed by atoms with Crippen LogP contribution in [-0.2, 0) is 11.3 Å². The van der Waals surface area contributed by atoms with Gasteiger partial charge in [0.25, 0.3) is 6.43 Å². The van der Waals surface area contributed by atoms with Gasteiger partial charge < -0.3 is 10.6 Å². The van der Waals surface area contributed by atoms with Crippen molar-refractivity contribution in [3.8, 4) is 11.1 Å². The van der Waals surface area contributed by atoms with E-state index < -0.39 is 6.43 Å². The number of hydrogen-bond donors (Lipinski definition) is 2. The molecular weight excluding hydrogens is 402 g/mol. The molecule has 1 aliphatic rings. The van der Waals surface area contributed by atoms with Gasteiger partial charge in [-0.25, -0.2) is 18.7 Å². The van der Waals surface area contributed by atoms with E-state index in [0.717, 1.165) is 29.5 Å². The topological polar surface area (TPSA) is 84.7 Å². The van der Waals surface area contributed by atoms with Crippen LogP contribution in [0.2, 0.25) is 0 Å². The number of anilines is 2. The van der Waals surface area contributed by atoms with Gasteiger partial charge in [-0.2, -0.15) is 5.10 Å². The van der Waals surface area contributed by atoms with Crippen LogP contribution in [0.5, 0.6) is 0 Å². The third kappa shape index (κ3) is 5.84. The van der Waals surface area contributed by atoms with E-state index in [4.69, 9.17) is 0 Å². The number of rotatable bonds is 9. The molecule has 0 spiro atoms. The fourth-order valence-corrected chi connectivity index (χ4v) is 3.31. The normalized spacial score (nSPS) is 13.4.